The van der Waals surface area contributed by atoms with Crippen molar-refractivity contribution in [2.45, 2.75) is 12.0 Å². The van der Waals surface area contributed by atoms with Crippen LogP contribution in [0.15, 0.2) is 12.4 Å². The van der Waals surface area contributed by atoms with Crippen molar-refractivity contribution in [1.82, 2.24) is 24.5 Å². The van der Waals surface area contributed by atoms with E-state index in [0.717, 1.165) is 26.2 Å². The molecule has 7 heteroatoms. The number of hydrogen-bond donors (Lipinski definition) is 1. The van der Waals surface area contributed by atoms with Gasteiger partial charge in [-0.05, 0) is 13.5 Å². The molecule has 0 aromatic carbocycles. The minimum atomic E-state index is -0.784. The molecule has 1 atom stereocenters. The zero-order valence-corrected chi connectivity index (χ0v) is 13.4. The van der Waals surface area contributed by atoms with Gasteiger partial charge in [-0.3, -0.25) is 14.4 Å². The van der Waals surface area contributed by atoms with Crippen molar-refractivity contribution in [2.24, 2.45) is 7.05 Å². The minimum absolute atomic E-state index is 0.0394. The van der Waals surface area contributed by atoms with Gasteiger partial charge in [0, 0.05) is 52.5 Å². The molecule has 0 spiro atoms. The molecule has 2 saturated heterocycles. The molecule has 2 aliphatic heterocycles. The first kappa shape index (κ1) is 15.5. The van der Waals surface area contributed by atoms with Crippen LogP contribution in [0.4, 0.5) is 0 Å². The molecule has 1 amide bonds. The van der Waals surface area contributed by atoms with E-state index >= 15 is 0 Å². The highest BCUT2D eigenvalue weighted by Gasteiger charge is 2.40. The van der Waals surface area contributed by atoms with E-state index in [0.29, 0.717) is 31.6 Å². The number of likely N-dealkylation sites (N-methyl/N-ethyl adjacent to an activating group) is 1. The third kappa shape index (κ3) is 3.31. The van der Waals surface area contributed by atoms with Crippen molar-refractivity contribution in [3.63, 3.8) is 0 Å². The number of nitrogens with zero attached hydrogens (tertiary/aromatic N) is 5. The molecule has 7 nitrogen and oxygen atoms in total. The summed E-state index contributed by atoms with van der Waals surface area (Å²) in [6, 6.07) is 0. The van der Waals surface area contributed by atoms with Crippen molar-refractivity contribution in [3.8, 4) is 0 Å². The first-order chi connectivity index (χ1) is 10.5. The monoisotopic (exact) mass is 307 g/mol. The fourth-order valence-corrected chi connectivity index (χ4v) is 3.30. The van der Waals surface area contributed by atoms with Crippen LogP contribution in [0.3, 0.4) is 0 Å². The largest absolute Gasteiger partial charge is 0.387 e. The van der Waals surface area contributed by atoms with Crippen LogP contribution in [0.5, 0.6) is 0 Å². The van der Waals surface area contributed by atoms with Crippen LogP contribution >= 0.6 is 0 Å². The Morgan fingerprint density at radius 3 is 2.64 bits per heavy atom. The summed E-state index contributed by atoms with van der Waals surface area (Å²) in [5.74, 6) is -0.0394. The SMILES string of the molecule is CN1CCN(C[C@]2(O)CCN(C(=O)c3cnn(C)c3)C2)CC1. The average molecular weight is 307 g/mol. The maximum Gasteiger partial charge on any atom is 0.257 e. The van der Waals surface area contributed by atoms with Gasteiger partial charge in [0.05, 0.1) is 23.9 Å². The van der Waals surface area contributed by atoms with E-state index in [9.17, 15) is 9.90 Å². The molecule has 1 aromatic rings. The van der Waals surface area contributed by atoms with Crippen LogP contribution in [-0.4, -0.2) is 94.0 Å². The first-order valence-corrected chi connectivity index (χ1v) is 7.86. The number of aromatic nitrogens is 2. The van der Waals surface area contributed by atoms with Gasteiger partial charge in [-0.1, -0.05) is 0 Å². The third-order valence-corrected chi connectivity index (χ3v) is 4.69. The van der Waals surface area contributed by atoms with Gasteiger partial charge in [-0.2, -0.15) is 5.10 Å². The predicted octanol–water partition coefficient (Wildman–Crippen LogP) is -0.755. The lowest BCUT2D eigenvalue weighted by Gasteiger charge is -2.36. The fourth-order valence-electron chi connectivity index (χ4n) is 3.30. The molecule has 3 rings (SSSR count). The predicted molar refractivity (Wildman–Crippen MR) is 82.6 cm³/mol. The second kappa shape index (κ2) is 5.98. The van der Waals surface area contributed by atoms with E-state index in [2.05, 4.69) is 21.9 Å². The number of piperazine rings is 1. The van der Waals surface area contributed by atoms with Gasteiger partial charge in [0.1, 0.15) is 0 Å². The summed E-state index contributed by atoms with van der Waals surface area (Å²) in [6.45, 7) is 5.70. The Morgan fingerprint density at radius 1 is 1.27 bits per heavy atom. The number of aliphatic hydroxyl groups is 1. The smallest absolute Gasteiger partial charge is 0.257 e. The maximum absolute atomic E-state index is 12.4. The summed E-state index contributed by atoms with van der Waals surface area (Å²) in [4.78, 5) is 18.8. The Kier molecular flexibility index (Phi) is 4.20. The maximum atomic E-state index is 12.4. The molecule has 22 heavy (non-hydrogen) atoms. The van der Waals surface area contributed by atoms with Crippen molar-refractivity contribution in [3.05, 3.63) is 18.0 Å². The van der Waals surface area contributed by atoms with Gasteiger partial charge in [-0.15, -0.1) is 0 Å². The van der Waals surface area contributed by atoms with Gasteiger partial charge in [0.25, 0.3) is 5.91 Å². The molecular weight excluding hydrogens is 282 g/mol. The summed E-state index contributed by atoms with van der Waals surface area (Å²) in [7, 11) is 3.92. The van der Waals surface area contributed by atoms with Gasteiger partial charge in [0.15, 0.2) is 0 Å². The van der Waals surface area contributed by atoms with Gasteiger partial charge in [-0.25, -0.2) is 0 Å². The first-order valence-electron chi connectivity index (χ1n) is 7.86. The van der Waals surface area contributed by atoms with E-state index in [1.807, 2.05) is 0 Å². The molecule has 1 aromatic heterocycles. The highest BCUT2D eigenvalue weighted by atomic mass is 16.3. The number of likely N-dealkylation sites (tertiary alicyclic amines) is 1. The zero-order chi connectivity index (χ0) is 15.7. The van der Waals surface area contributed by atoms with Crippen molar-refractivity contribution in [2.75, 3.05) is 52.9 Å². The fraction of sp³-hybridized carbons (Fsp3) is 0.733. The van der Waals surface area contributed by atoms with E-state index in [4.69, 9.17) is 0 Å². The molecule has 2 fully saturated rings. The number of carbonyl (C=O) groups excluding carboxylic acids is 1. The highest BCUT2D eigenvalue weighted by Crippen LogP contribution is 2.24. The van der Waals surface area contributed by atoms with Crippen LogP contribution in [0.1, 0.15) is 16.8 Å². The minimum Gasteiger partial charge on any atom is -0.387 e. The standard InChI is InChI=1S/C15H25N5O2/c1-17-5-7-19(8-6-17)11-15(22)3-4-20(12-15)14(21)13-9-16-18(2)10-13/h9-10,22H,3-8,11-12H2,1-2H3/t15-/m1/s1. The molecule has 2 aliphatic rings. The molecule has 0 saturated carbocycles. The average Bonchev–Trinajstić information content (AvgIpc) is 3.07. The molecule has 0 bridgehead atoms. The summed E-state index contributed by atoms with van der Waals surface area (Å²) in [6.07, 6.45) is 3.95. The summed E-state index contributed by atoms with van der Waals surface area (Å²) in [5, 5.41) is 14.9. The zero-order valence-electron chi connectivity index (χ0n) is 13.4. The second-order valence-electron chi connectivity index (χ2n) is 6.68. The van der Waals surface area contributed by atoms with E-state index in [1.54, 1.807) is 29.0 Å². The number of aryl methyl sites for hydroxylation is 1. The van der Waals surface area contributed by atoms with Gasteiger partial charge < -0.3 is 14.9 Å². The topological polar surface area (TPSA) is 64.8 Å². The molecule has 0 aliphatic carbocycles. The lowest BCUT2D eigenvalue weighted by atomic mass is 10.0. The number of hydrogen-bond acceptors (Lipinski definition) is 5. The Morgan fingerprint density at radius 2 is 2.00 bits per heavy atom. The summed E-state index contributed by atoms with van der Waals surface area (Å²) < 4.78 is 1.62. The molecule has 122 valence electrons. The van der Waals surface area contributed by atoms with E-state index < -0.39 is 5.60 Å². The molecular formula is C15H25N5O2. The normalized spacial score (nSPS) is 27.5. The summed E-state index contributed by atoms with van der Waals surface area (Å²) in [5.41, 5.74) is -0.195. The van der Waals surface area contributed by atoms with E-state index in [1.165, 1.54) is 0 Å². The Labute approximate surface area is 131 Å². The molecule has 1 N–H and O–H groups in total. The van der Waals surface area contributed by atoms with Crippen LogP contribution in [0.2, 0.25) is 0 Å². The van der Waals surface area contributed by atoms with Crippen molar-refractivity contribution >= 4 is 5.91 Å². The molecule has 0 radical (unpaired) electrons. The van der Waals surface area contributed by atoms with Crippen molar-refractivity contribution in [1.29, 1.82) is 0 Å². The number of β-amino-alcohol motifs (C(OH)–C–C–N with tert-alkyl or cyclic N) is 1. The Balaban J connectivity index is 1.57. The lowest BCUT2D eigenvalue weighted by molar-refractivity contribution is 0.000525. The van der Waals surface area contributed by atoms with Gasteiger partial charge >= 0.3 is 0 Å². The number of amides is 1. The highest BCUT2D eigenvalue weighted by molar-refractivity contribution is 5.94. The number of carbonyl (C=O) groups is 1. The number of rotatable bonds is 3. The Bertz CT molecular complexity index is 538. The third-order valence-electron chi connectivity index (χ3n) is 4.69. The molecule has 0 unspecified atom stereocenters. The van der Waals surface area contributed by atoms with Crippen LogP contribution < -0.4 is 0 Å². The van der Waals surface area contributed by atoms with Crippen LogP contribution in [0, 0.1) is 0 Å². The second-order valence-corrected chi connectivity index (χ2v) is 6.68. The lowest BCUT2D eigenvalue weighted by Crippen LogP contribution is -2.52. The van der Waals surface area contributed by atoms with Crippen LogP contribution in [-0.2, 0) is 7.05 Å². The van der Waals surface area contributed by atoms with Crippen LogP contribution in [0.25, 0.3) is 0 Å². The Hall–Kier alpha value is -1.44. The quantitative estimate of drug-likeness (QED) is 0.796. The van der Waals surface area contributed by atoms with E-state index in [-0.39, 0.29) is 5.91 Å². The molecule has 3 heterocycles. The summed E-state index contributed by atoms with van der Waals surface area (Å²) >= 11 is 0. The van der Waals surface area contributed by atoms with Crippen molar-refractivity contribution < 1.29 is 9.90 Å². The van der Waals surface area contributed by atoms with Gasteiger partial charge in [0.2, 0.25) is 0 Å².